The zero-order valence-electron chi connectivity index (χ0n) is 13.7. The summed E-state index contributed by atoms with van der Waals surface area (Å²) in [5.41, 5.74) is 0.623. The van der Waals surface area contributed by atoms with E-state index < -0.39 is 15.8 Å². The second kappa shape index (κ2) is 6.89. The van der Waals surface area contributed by atoms with E-state index in [9.17, 15) is 17.6 Å². The Bertz CT molecular complexity index is 879. The van der Waals surface area contributed by atoms with E-state index in [1.54, 1.807) is 29.3 Å². The summed E-state index contributed by atoms with van der Waals surface area (Å²) in [5, 5.41) is 0. The van der Waals surface area contributed by atoms with Gasteiger partial charge in [0.1, 0.15) is 11.5 Å². The van der Waals surface area contributed by atoms with Crippen molar-refractivity contribution in [3.05, 3.63) is 59.7 Å². The molecule has 0 saturated carbocycles. The van der Waals surface area contributed by atoms with Crippen molar-refractivity contribution in [2.45, 2.75) is 11.8 Å². The number of carbonyl (C=O) groups excluding carboxylic acids is 1. The summed E-state index contributed by atoms with van der Waals surface area (Å²) in [7, 11) is -3.70. The normalized spacial score (nSPS) is 16.0. The molecular formula is C17H18FN3O3S. The fourth-order valence-electron chi connectivity index (χ4n) is 2.71. The third-order valence-corrected chi connectivity index (χ3v) is 6.07. The molecule has 0 unspecified atom stereocenters. The van der Waals surface area contributed by atoms with Crippen LogP contribution in [-0.4, -0.2) is 54.7 Å². The number of sulfonamides is 1. The fourth-order valence-corrected chi connectivity index (χ4v) is 4.22. The summed E-state index contributed by atoms with van der Waals surface area (Å²) in [6.45, 7) is 2.48. The maximum absolute atomic E-state index is 13.4. The SMILES string of the molecule is Cc1cc(S(=O)(=O)N2CCN(C(=O)c3ccccn3)CC2)ccc1F. The summed E-state index contributed by atoms with van der Waals surface area (Å²) in [6, 6.07) is 8.85. The number of nitrogens with zero attached hydrogens (tertiary/aromatic N) is 3. The van der Waals surface area contributed by atoms with E-state index in [0.717, 1.165) is 6.07 Å². The molecule has 1 aromatic carbocycles. The first-order valence-corrected chi connectivity index (χ1v) is 9.30. The maximum Gasteiger partial charge on any atom is 0.272 e. The van der Waals surface area contributed by atoms with Gasteiger partial charge < -0.3 is 4.90 Å². The van der Waals surface area contributed by atoms with Crippen LogP contribution in [0.1, 0.15) is 16.1 Å². The molecule has 2 aromatic rings. The summed E-state index contributed by atoms with van der Waals surface area (Å²) >= 11 is 0. The highest BCUT2D eigenvalue weighted by Gasteiger charge is 2.30. The minimum absolute atomic E-state index is 0.0657. The molecule has 0 spiro atoms. The number of pyridine rings is 1. The van der Waals surface area contributed by atoms with E-state index >= 15 is 0 Å². The molecule has 0 aliphatic carbocycles. The molecule has 1 amide bonds. The molecule has 2 heterocycles. The van der Waals surface area contributed by atoms with Gasteiger partial charge in [0.15, 0.2) is 0 Å². The Balaban J connectivity index is 1.71. The quantitative estimate of drug-likeness (QED) is 0.832. The van der Waals surface area contributed by atoms with Crippen molar-refractivity contribution in [2.24, 2.45) is 0 Å². The maximum atomic E-state index is 13.4. The van der Waals surface area contributed by atoms with E-state index in [4.69, 9.17) is 0 Å². The smallest absolute Gasteiger partial charge is 0.272 e. The van der Waals surface area contributed by atoms with Crippen molar-refractivity contribution in [1.29, 1.82) is 0 Å². The minimum Gasteiger partial charge on any atom is -0.335 e. The van der Waals surface area contributed by atoms with Gasteiger partial charge in [-0.05, 0) is 42.8 Å². The molecule has 132 valence electrons. The molecule has 1 aliphatic heterocycles. The number of hydrogen-bond donors (Lipinski definition) is 0. The van der Waals surface area contributed by atoms with Crippen LogP contribution in [0.3, 0.4) is 0 Å². The molecule has 0 atom stereocenters. The number of halogens is 1. The van der Waals surface area contributed by atoms with Gasteiger partial charge >= 0.3 is 0 Å². The average molecular weight is 363 g/mol. The molecule has 1 fully saturated rings. The predicted molar refractivity (Wildman–Crippen MR) is 90.0 cm³/mol. The molecule has 1 aromatic heterocycles. The van der Waals surface area contributed by atoms with Gasteiger partial charge in [-0.3, -0.25) is 9.78 Å². The van der Waals surface area contributed by atoms with Gasteiger partial charge in [-0.2, -0.15) is 4.31 Å². The van der Waals surface area contributed by atoms with E-state index in [1.807, 2.05) is 0 Å². The molecule has 6 nitrogen and oxygen atoms in total. The third-order valence-electron chi connectivity index (χ3n) is 4.18. The van der Waals surface area contributed by atoms with Crippen molar-refractivity contribution in [3.8, 4) is 0 Å². The molecule has 1 saturated heterocycles. The van der Waals surface area contributed by atoms with Crippen LogP contribution >= 0.6 is 0 Å². The highest BCUT2D eigenvalue weighted by molar-refractivity contribution is 7.89. The van der Waals surface area contributed by atoms with Crippen molar-refractivity contribution in [2.75, 3.05) is 26.2 Å². The van der Waals surface area contributed by atoms with E-state index in [0.29, 0.717) is 5.69 Å². The minimum atomic E-state index is -3.70. The molecule has 1 aliphatic rings. The molecule has 0 bridgehead atoms. The van der Waals surface area contributed by atoms with Crippen LogP contribution in [0.5, 0.6) is 0 Å². The Morgan fingerprint density at radius 1 is 1.12 bits per heavy atom. The molecule has 8 heteroatoms. The summed E-state index contributed by atoms with van der Waals surface area (Å²) in [5.74, 6) is -0.653. The number of amides is 1. The zero-order chi connectivity index (χ0) is 18.0. The molecule has 0 radical (unpaired) electrons. The topological polar surface area (TPSA) is 70.6 Å². The molecule has 0 N–H and O–H groups in total. The van der Waals surface area contributed by atoms with Gasteiger partial charge in [0.05, 0.1) is 4.90 Å². The van der Waals surface area contributed by atoms with E-state index in [2.05, 4.69) is 4.98 Å². The van der Waals surface area contributed by atoms with Crippen LogP contribution in [0.2, 0.25) is 0 Å². The Labute approximate surface area is 145 Å². The number of aromatic nitrogens is 1. The van der Waals surface area contributed by atoms with Crippen molar-refractivity contribution < 1.29 is 17.6 Å². The number of piperazine rings is 1. The van der Waals surface area contributed by atoms with Crippen LogP contribution in [0.15, 0.2) is 47.5 Å². The Kier molecular flexibility index (Phi) is 4.82. The van der Waals surface area contributed by atoms with Crippen LogP contribution in [0.25, 0.3) is 0 Å². The Hall–Kier alpha value is -2.32. The first-order valence-electron chi connectivity index (χ1n) is 7.86. The highest BCUT2D eigenvalue weighted by Crippen LogP contribution is 2.20. The Morgan fingerprint density at radius 3 is 2.44 bits per heavy atom. The lowest BCUT2D eigenvalue weighted by atomic mass is 10.2. The van der Waals surface area contributed by atoms with Gasteiger partial charge in [-0.15, -0.1) is 0 Å². The molecular weight excluding hydrogens is 345 g/mol. The van der Waals surface area contributed by atoms with E-state index in [-0.39, 0.29) is 42.5 Å². The first kappa shape index (κ1) is 17.5. The van der Waals surface area contributed by atoms with Crippen LogP contribution < -0.4 is 0 Å². The first-order chi connectivity index (χ1) is 11.9. The number of carbonyl (C=O) groups is 1. The van der Waals surface area contributed by atoms with Gasteiger partial charge in [0.2, 0.25) is 10.0 Å². The van der Waals surface area contributed by atoms with Gasteiger partial charge in [0, 0.05) is 32.4 Å². The number of benzene rings is 1. The second-order valence-electron chi connectivity index (χ2n) is 5.82. The second-order valence-corrected chi connectivity index (χ2v) is 7.76. The van der Waals surface area contributed by atoms with Gasteiger partial charge in [-0.1, -0.05) is 6.07 Å². The van der Waals surface area contributed by atoms with Crippen LogP contribution in [0, 0.1) is 12.7 Å². The van der Waals surface area contributed by atoms with Crippen molar-refractivity contribution >= 4 is 15.9 Å². The monoisotopic (exact) mass is 363 g/mol. The number of aryl methyl sites for hydroxylation is 1. The summed E-state index contributed by atoms with van der Waals surface area (Å²) in [6.07, 6.45) is 1.55. The van der Waals surface area contributed by atoms with Crippen LogP contribution in [-0.2, 0) is 10.0 Å². The number of hydrogen-bond acceptors (Lipinski definition) is 4. The zero-order valence-corrected chi connectivity index (χ0v) is 14.5. The lowest BCUT2D eigenvalue weighted by Gasteiger charge is -2.33. The largest absolute Gasteiger partial charge is 0.335 e. The number of rotatable bonds is 3. The van der Waals surface area contributed by atoms with Gasteiger partial charge in [0.25, 0.3) is 5.91 Å². The van der Waals surface area contributed by atoms with E-state index in [1.165, 1.54) is 23.4 Å². The third kappa shape index (κ3) is 3.54. The Morgan fingerprint density at radius 2 is 1.84 bits per heavy atom. The standard InChI is InChI=1S/C17H18FN3O3S/c1-13-12-14(5-6-15(13)18)25(23,24)21-10-8-20(9-11-21)17(22)16-4-2-3-7-19-16/h2-7,12H,8-11H2,1H3. The van der Waals surface area contributed by atoms with Crippen LogP contribution in [0.4, 0.5) is 4.39 Å². The lowest BCUT2D eigenvalue weighted by Crippen LogP contribution is -2.50. The van der Waals surface area contributed by atoms with Gasteiger partial charge in [-0.25, -0.2) is 12.8 Å². The highest BCUT2D eigenvalue weighted by atomic mass is 32.2. The predicted octanol–water partition coefficient (Wildman–Crippen LogP) is 1.68. The average Bonchev–Trinajstić information content (AvgIpc) is 2.64. The molecule has 25 heavy (non-hydrogen) atoms. The molecule has 3 rings (SSSR count). The lowest BCUT2D eigenvalue weighted by molar-refractivity contribution is 0.0692. The van der Waals surface area contributed by atoms with Crippen molar-refractivity contribution in [1.82, 2.24) is 14.2 Å². The summed E-state index contributed by atoms with van der Waals surface area (Å²) < 4.78 is 40.1. The fraction of sp³-hybridized carbons (Fsp3) is 0.294. The summed E-state index contributed by atoms with van der Waals surface area (Å²) in [4.78, 5) is 18.0. The van der Waals surface area contributed by atoms with Crippen molar-refractivity contribution in [3.63, 3.8) is 0 Å².